The van der Waals surface area contributed by atoms with Crippen molar-refractivity contribution in [3.05, 3.63) is 49.7 Å². The molecule has 0 bridgehead atoms. The van der Waals surface area contributed by atoms with E-state index in [0.717, 1.165) is 0 Å². The summed E-state index contributed by atoms with van der Waals surface area (Å²) in [4.78, 5) is 2.68. The molecule has 3 aromatic heterocycles. The van der Waals surface area contributed by atoms with Gasteiger partial charge >= 0.3 is 0 Å². The molecule has 0 aliphatic heterocycles. The van der Waals surface area contributed by atoms with Gasteiger partial charge in [-0.25, -0.2) is 0 Å². The average molecular weight is 355 g/mol. The lowest BCUT2D eigenvalue weighted by Gasteiger charge is -2.19. The summed E-state index contributed by atoms with van der Waals surface area (Å²) in [5.41, 5.74) is 1.32. The van der Waals surface area contributed by atoms with Gasteiger partial charge in [0.2, 0.25) is 0 Å². The van der Waals surface area contributed by atoms with E-state index in [1.807, 2.05) is 11.3 Å². The van der Waals surface area contributed by atoms with Crippen LogP contribution in [0.4, 0.5) is 0 Å². The van der Waals surface area contributed by atoms with Gasteiger partial charge in [0.15, 0.2) is 0 Å². The molecule has 0 fully saturated rings. The SMILES string of the molecule is Cc1csc(P(=S)(c2csc(C)c2)c2csc(C)c2)c1. The van der Waals surface area contributed by atoms with E-state index in [-0.39, 0.29) is 0 Å². The third-order valence-corrected chi connectivity index (χ3v) is 12.2. The van der Waals surface area contributed by atoms with Gasteiger partial charge in [-0.2, -0.15) is 0 Å². The van der Waals surface area contributed by atoms with Crippen LogP contribution in [0.15, 0.2) is 34.3 Å². The van der Waals surface area contributed by atoms with E-state index < -0.39 is 6.04 Å². The minimum absolute atomic E-state index is 1.32. The molecule has 5 heteroatoms. The maximum atomic E-state index is 6.28. The molecule has 0 saturated carbocycles. The Morgan fingerprint density at radius 1 is 0.800 bits per heavy atom. The van der Waals surface area contributed by atoms with Crippen molar-refractivity contribution in [1.82, 2.24) is 0 Å². The lowest BCUT2D eigenvalue weighted by Crippen LogP contribution is -2.20. The van der Waals surface area contributed by atoms with Crippen LogP contribution < -0.4 is 15.2 Å². The largest absolute Gasteiger partial charge is 0.148 e. The Bertz CT molecular complexity index is 685. The highest BCUT2D eigenvalue weighted by Crippen LogP contribution is 2.46. The monoisotopic (exact) mass is 354 g/mol. The summed E-state index contributed by atoms with van der Waals surface area (Å²) in [7, 11) is 0. The molecule has 0 aliphatic carbocycles. The lowest BCUT2D eigenvalue weighted by molar-refractivity contribution is 1.57. The number of thiophene rings is 3. The molecule has 3 aromatic rings. The van der Waals surface area contributed by atoms with E-state index in [9.17, 15) is 0 Å². The molecule has 3 rings (SSSR count). The molecular weight excluding hydrogens is 339 g/mol. The Morgan fingerprint density at radius 3 is 1.70 bits per heavy atom. The molecule has 0 N–H and O–H groups in total. The fraction of sp³-hybridized carbons (Fsp3) is 0.200. The quantitative estimate of drug-likeness (QED) is 0.622. The Hall–Kier alpha value is -0.250. The Kier molecular flexibility index (Phi) is 4.04. The van der Waals surface area contributed by atoms with Gasteiger partial charge in [-0.15, -0.1) is 34.0 Å². The van der Waals surface area contributed by atoms with Crippen LogP contribution in [0.1, 0.15) is 15.3 Å². The van der Waals surface area contributed by atoms with E-state index in [2.05, 4.69) is 55.1 Å². The Morgan fingerprint density at radius 2 is 1.35 bits per heavy atom. The maximum Gasteiger partial charge on any atom is 0.0491 e. The summed E-state index contributed by atoms with van der Waals surface area (Å²) >= 11 is 11.7. The molecule has 0 amide bonds. The van der Waals surface area contributed by atoms with Gasteiger partial charge in [0.05, 0.1) is 0 Å². The summed E-state index contributed by atoms with van der Waals surface area (Å²) < 4.78 is 1.36. The lowest BCUT2D eigenvalue weighted by atomic mass is 10.4. The number of hydrogen-bond acceptors (Lipinski definition) is 4. The van der Waals surface area contributed by atoms with E-state index in [0.29, 0.717) is 0 Å². The minimum Gasteiger partial charge on any atom is -0.148 e. The molecule has 104 valence electrons. The van der Waals surface area contributed by atoms with E-state index >= 15 is 0 Å². The van der Waals surface area contributed by atoms with E-state index in [1.165, 1.54) is 30.5 Å². The normalized spacial score (nSPS) is 11.9. The van der Waals surface area contributed by atoms with Crippen molar-refractivity contribution < 1.29 is 0 Å². The maximum absolute atomic E-state index is 6.28. The molecule has 0 atom stereocenters. The second-order valence-corrected chi connectivity index (χ2v) is 12.7. The zero-order chi connectivity index (χ0) is 14.3. The van der Waals surface area contributed by atoms with Gasteiger partial charge in [0.25, 0.3) is 0 Å². The van der Waals surface area contributed by atoms with Gasteiger partial charge < -0.3 is 0 Å². The zero-order valence-corrected chi connectivity index (χ0v) is 15.7. The topological polar surface area (TPSA) is 0 Å². The highest BCUT2D eigenvalue weighted by atomic mass is 32.4. The third-order valence-electron chi connectivity index (χ3n) is 3.19. The molecule has 0 saturated heterocycles. The van der Waals surface area contributed by atoms with Crippen molar-refractivity contribution in [3.63, 3.8) is 0 Å². The first-order valence-corrected chi connectivity index (χ1v) is 11.7. The molecule has 20 heavy (non-hydrogen) atoms. The first-order valence-electron chi connectivity index (χ1n) is 6.27. The van der Waals surface area contributed by atoms with Gasteiger partial charge in [-0.1, -0.05) is 11.8 Å². The second-order valence-electron chi connectivity index (χ2n) is 4.90. The van der Waals surface area contributed by atoms with Crippen molar-refractivity contribution >= 4 is 67.1 Å². The highest BCUT2D eigenvalue weighted by molar-refractivity contribution is 8.27. The van der Waals surface area contributed by atoms with Crippen molar-refractivity contribution in [2.75, 3.05) is 0 Å². The average Bonchev–Trinajstić information content (AvgIpc) is 3.10. The Labute approximate surface area is 137 Å². The van der Waals surface area contributed by atoms with Crippen LogP contribution in [-0.4, -0.2) is 0 Å². The number of aryl methyl sites for hydroxylation is 3. The summed E-state index contributed by atoms with van der Waals surface area (Å²) in [6.07, 6.45) is 0. The number of rotatable bonds is 3. The molecule has 0 aliphatic rings. The zero-order valence-electron chi connectivity index (χ0n) is 11.5. The van der Waals surface area contributed by atoms with Gasteiger partial charge in [-0.3, -0.25) is 0 Å². The molecule has 0 nitrogen and oxygen atoms in total. The standard InChI is InChI=1S/C15H15PS4/c1-10-4-15(20-7-10)16(17,13-5-11(2)18-8-13)14-6-12(3)19-9-14/h4-9H,1-3H3. The van der Waals surface area contributed by atoms with E-state index in [4.69, 9.17) is 11.8 Å². The first kappa shape index (κ1) is 14.7. The fourth-order valence-electron chi connectivity index (χ4n) is 2.17. The van der Waals surface area contributed by atoms with Crippen LogP contribution in [0.25, 0.3) is 0 Å². The summed E-state index contributed by atoms with van der Waals surface area (Å²) in [5.74, 6) is 0. The van der Waals surface area contributed by atoms with Crippen LogP contribution >= 0.6 is 40.0 Å². The fourth-order valence-corrected chi connectivity index (χ4v) is 10.6. The predicted octanol–water partition coefficient (Wildman–Crippen LogP) is 4.55. The van der Waals surface area contributed by atoms with Crippen molar-refractivity contribution in [1.29, 1.82) is 0 Å². The Balaban J connectivity index is 2.25. The van der Waals surface area contributed by atoms with Gasteiger partial charge in [0, 0.05) is 41.8 Å². The molecule has 0 spiro atoms. The van der Waals surface area contributed by atoms with Crippen LogP contribution in [0.3, 0.4) is 0 Å². The van der Waals surface area contributed by atoms with Crippen LogP contribution in [0.2, 0.25) is 0 Å². The van der Waals surface area contributed by atoms with Crippen molar-refractivity contribution in [2.45, 2.75) is 20.8 Å². The highest BCUT2D eigenvalue weighted by Gasteiger charge is 2.28. The molecule has 0 aromatic carbocycles. The van der Waals surface area contributed by atoms with Gasteiger partial charge in [0.1, 0.15) is 0 Å². The molecular formula is C15H15PS4. The van der Waals surface area contributed by atoms with Crippen molar-refractivity contribution in [2.24, 2.45) is 0 Å². The van der Waals surface area contributed by atoms with Crippen molar-refractivity contribution in [3.8, 4) is 0 Å². The molecule has 0 unspecified atom stereocenters. The second kappa shape index (κ2) is 5.51. The summed E-state index contributed by atoms with van der Waals surface area (Å²) in [6.45, 7) is 6.47. The van der Waals surface area contributed by atoms with Crippen LogP contribution in [0, 0.1) is 20.8 Å². The third kappa shape index (κ3) is 2.49. The van der Waals surface area contributed by atoms with Gasteiger partial charge in [-0.05, 0) is 49.9 Å². The van der Waals surface area contributed by atoms with Crippen LogP contribution in [0.5, 0.6) is 0 Å². The summed E-state index contributed by atoms with van der Waals surface area (Å²) in [5, 5.41) is 9.43. The molecule has 3 heterocycles. The first-order chi connectivity index (χ1) is 9.50. The molecule has 0 radical (unpaired) electrons. The number of hydrogen-bond donors (Lipinski definition) is 0. The van der Waals surface area contributed by atoms with E-state index in [1.54, 1.807) is 22.7 Å². The smallest absolute Gasteiger partial charge is 0.0491 e. The minimum atomic E-state index is -1.84. The van der Waals surface area contributed by atoms with Crippen LogP contribution in [-0.2, 0) is 11.8 Å². The summed E-state index contributed by atoms with van der Waals surface area (Å²) in [6, 6.07) is 5.01. The predicted molar refractivity (Wildman–Crippen MR) is 100 cm³/mol.